The Morgan fingerprint density at radius 1 is 0.527 bits per heavy atom. The van der Waals surface area contributed by atoms with Crippen LogP contribution in [0.25, 0.3) is 111 Å². The molecule has 13 rings (SSSR count). The molecule has 3 aliphatic carbocycles. The third kappa shape index (κ3) is 4.13. The highest BCUT2D eigenvalue weighted by Gasteiger charge is 2.33. The molecule has 0 N–H and O–H groups in total. The van der Waals surface area contributed by atoms with Crippen molar-refractivity contribution in [2.75, 3.05) is 0 Å². The van der Waals surface area contributed by atoms with E-state index in [0.717, 1.165) is 44.2 Å². The first-order valence-corrected chi connectivity index (χ1v) is 18.6. The Bertz CT molecular complexity index is 3950. The molecule has 0 fully saturated rings. The summed E-state index contributed by atoms with van der Waals surface area (Å²) in [6, 6.07) is 26.3. The maximum atomic E-state index is 9.95. The van der Waals surface area contributed by atoms with Crippen LogP contribution in [0.3, 0.4) is 0 Å². The predicted octanol–water partition coefficient (Wildman–Crippen LogP) is 14.9. The van der Waals surface area contributed by atoms with Crippen molar-refractivity contribution in [3.05, 3.63) is 192 Å². The van der Waals surface area contributed by atoms with Crippen molar-refractivity contribution < 1.29 is 16.8 Å². The molecule has 0 spiro atoms. The highest BCUT2D eigenvalue weighted by atomic mass is 16.3. The largest absolute Gasteiger partial charge is 0.456 e. The van der Waals surface area contributed by atoms with Crippen molar-refractivity contribution in [3.63, 3.8) is 0 Å². The normalized spacial score (nSPS) is 19.3. The van der Waals surface area contributed by atoms with Gasteiger partial charge in [-0.3, -0.25) is 0 Å². The lowest BCUT2D eigenvalue weighted by Gasteiger charge is -2.36. The Morgan fingerprint density at radius 2 is 1.31 bits per heavy atom. The van der Waals surface area contributed by atoms with E-state index >= 15 is 0 Å². The zero-order chi connectivity index (χ0) is 43.6. The van der Waals surface area contributed by atoms with E-state index in [1.807, 2.05) is 12.1 Å². The van der Waals surface area contributed by atoms with Crippen LogP contribution in [-0.2, 0) is 0 Å². The monoisotopic (exact) mass is 705 g/mol. The van der Waals surface area contributed by atoms with Crippen molar-refractivity contribution in [1.29, 1.82) is 0 Å². The summed E-state index contributed by atoms with van der Waals surface area (Å²) in [4.78, 5) is 0. The van der Waals surface area contributed by atoms with Crippen LogP contribution in [0.15, 0.2) is 180 Å². The summed E-state index contributed by atoms with van der Waals surface area (Å²) in [7, 11) is 0. The highest BCUT2D eigenvalue weighted by Crippen LogP contribution is 2.51. The number of hydrogen-bond acceptors (Lipinski definition) is 1. The molecule has 2 atom stereocenters. The van der Waals surface area contributed by atoms with E-state index in [9.17, 15) is 5.48 Å². The van der Waals surface area contributed by atoms with Gasteiger partial charge in [0.25, 0.3) is 0 Å². The smallest absolute Gasteiger partial charge is 0.136 e. The fourth-order valence-electron chi connectivity index (χ4n) is 9.51. The fraction of sp³-hybridized carbons (Fsp3) is 0.0370. The summed E-state index contributed by atoms with van der Waals surface area (Å²) in [6.07, 6.45) is 15.3. The van der Waals surface area contributed by atoms with E-state index in [-0.39, 0.29) is 80.3 Å². The number of furan rings is 1. The van der Waals surface area contributed by atoms with Crippen LogP contribution in [0.4, 0.5) is 0 Å². The van der Waals surface area contributed by atoms with E-state index in [4.69, 9.17) is 11.3 Å². The molecule has 9 aromatic carbocycles. The first-order chi connectivity index (χ1) is 31.0. The van der Waals surface area contributed by atoms with Crippen LogP contribution in [0.5, 0.6) is 0 Å². The maximum Gasteiger partial charge on any atom is 0.136 e. The van der Waals surface area contributed by atoms with Gasteiger partial charge in [-0.25, -0.2) is 0 Å². The van der Waals surface area contributed by atoms with Crippen LogP contribution >= 0.6 is 0 Å². The standard InChI is InChI=1S/C54H32O/c1-2-6-38-30-50-48(27-37(38)5-1)47-29-40(20-26-49(47)55-50)42-22-19-39(41-21-15-35-13-11-31-7-3-9-33-17-24-44(41)53(35)51(31)33)28-46(42)43-23-16-36-14-12-32-8-4-10-34-18-25-45(43)54(36)52(32)34/h1-30,34,52H/i1D,2D,5D,6D,20D,26D,27D,29D,30D. The van der Waals surface area contributed by atoms with Crippen molar-refractivity contribution in [3.8, 4) is 33.4 Å². The van der Waals surface area contributed by atoms with Crippen molar-refractivity contribution in [1.82, 2.24) is 0 Å². The average molecular weight is 706 g/mol. The van der Waals surface area contributed by atoms with Crippen LogP contribution in [0.2, 0.25) is 0 Å². The summed E-state index contributed by atoms with van der Waals surface area (Å²) in [5, 5.41) is 6.69. The third-order valence-corrected chi connectivity index (χ3v) is 12.0. The number of allylic oxidation sites excluding steroid dienone is 6. The maximum absolute atomic E-state index is 9.95. The van der Waals surface area contributed by atoms with E-state index in [2.05, 4.69) is 115 Å². The van der Waals surface area contributed by atoms with Crippen LogP contribution in [0.1, 0.15) is 34.9 Å². The molecule has 0 amide bonds. The SMILES string of the molecule is [2H]c1c(-c2ccc(-c3ccc4ccc5cccc6ccc3c4c56)cc2-c2ccc3c4c2C=CC2C=CC=C(C=C3)C42)c([2H])c2c(oc3c([2H])c4c([2H])c([2H])c([2H])c([2H])c4c([2H])c32)c1[2H]. The summed E-state index contributed by atoms with van der Waals surface area (Å²) >= 11 is 0. The quantitative estimate of drug-likeness (QED) is 0.167. The lowest BCUT2D eigenvalue weighted by Crippen LogP contribution is -2.21. The Kier molecular flexibility index (Phi) is 4.38. The molecule has 1 nitrogen and oxygen atoms in total. The first-order valence-electron chi connectivity index (χ1n) is 23.1. The van der Waals surface area contributed by atoms with Gasteiger partial charge in [0, 0.05) is 22.6 Å². The zero-order valence-corrected chi connectivity index (χ0v) is 29.2. The summed E-state index contributed by atoms with van der Waals surface area (Å²) in [6.45, 7) is 0. The van der Waals surface area contributed by atoms with Gasteiger partial charge in [-0.1, -0.05) is 152 Å². The molecule has 0 saturated carbocycles. The molecule has 0 saturated heterocycles. The molecule has 0 aliphatic heterocycles. The average Bonchev–Trinajstić information content (AvgIpc) is 3.74. The molecule has 2 unspecified atom stereocenters. The van der Waals surface area contributed by atoms with Crippen LogP contribution in [0, 0.1) is 5.92 Å². The highest BCUT2D eigenvalue weighted by molar-refractivity contribution is 6.25. The van der Waals surface area contributed by atoms with E-state index in [1.165, 1.54) is 32.7 Å². The minimum Gasteiger partial charge on any atom is -0.456 e. The van der Waals surface area contributed by atoms with Gasteiger partial charge in [0.15, 0.2) is 0 Å². The number of fused-ring (bicyclic) bond motifs is 4. The second-order valence-corrected chi connectivity index (χ2v) is 14.8. The Labute approximate surface area is 330 Å². The van der Waals surface area contributed by atoms with Crippen LogP contribution < -0.4 is 0 Å². The summed E-state index contributed by atoms with van der Waals surface area (Å²) in [5.41, 5.74) is 8.65. The van der Waals surface area contributed by atoms with Crippen molar-refractivity contribution in [2.45, 2.75) is 5.92 Å². The second-order valence-electron chi connectivity index (χ2n) is 14.8. The van der Waals surface area contributed by atoms with Gasteiger partial charge in [0.05, 0.1) is 12.3 Å². The van der Waals surface area contributed by atoms with E-state index < -0.39 is 24.2 Å². The Balaban J connectivity index is 1.13. The van der Waals surface area contributed by atoms with Gasteiger partial charge in [-0.2, -0.15) is 0 Å². The molecule has 1 aromatic heterocycles. The number of benzene rings is 9. The first kappa shape index (κ1) is 22.3. The topological polar surface area (TPSA) is 13.1 Å². The molecule has 55 heavy (non-hydrogen) atoms. The molecule has 3 aliphatic rings. The molecular formula is C54H32O. The van der Waals surface area contributed by atoms with Crippen LogP contribution in [-0.4, -0.2) is 0 Å². The molecule has 10 aromatic rings. The van der Waals surface area contributed by atoms with Crippen molar-refractivity contribution in [2.24, 2.45) is 5.92 Å². The molecule has 254 valence electrons. The molecule has 1 heterocycles. The van der Waals surface area contributed by atoms with Gasteiger partial charge in [0.1, 0.15) is 11.2 Å². The fourth-order valence-corrected chi connectivity index (χ4v) is 9.51. The molecule has 0 radical (unpaired) electrons. The van der Waals surface area contributed by atoms with Gasteiger partial charge in [-0.15, -0.1) is 0 Å². The summed E-state index contributed by atoms with van der Waals surface area (Å²) < 4.78 is 87.6. The molecular weight excluding hydrogens is 665 g/mol. The zero-order valence-electron chi connectivity index (χ0n) is 38.2. The Morgan fingerprint density at radius 3 is 2.22 bits per heavy atom. The number of rotatable bonds is 3. The lowest BCUT2D eigenvalue weighted by atomic mass is 9.68. The summed E-state index contributed by atoms with van der Waals surface area (Å²) in [5.74, 6) is 0.329. The van der Waals surface area contributed by atoms with Gasteiger partial charge in [0.2, 0.25) is 0 Å². The Hall–Kier alpha value is -6.96. The van der Waals surface area contributed by atoms with Gasteiger partial charge >= 0.3 is 0 Å². The van der Waals surface area contributed by atoms with E-state index in [1.54, 1.807) is 0 Å². The van der Waals surface area contributed by atoms with Crippen molar-refractivity contribution >= 4 is 77.2 Å². The third-order valence-electron chi connectivity index (χ3n) is 12.0. The van der Waals surface area contributed by atoms with E-state index in [0.29, 0.717) is 5.56 Å². The molecule has 1 heteroatoms. The second kappa shape index (κ2) is 10.8. The van der Waals surface area contributed by atoms with Gasteiger partial charge in [-0.05, 0) is 129 Å². The minimum absolute atomic E-state index is 0.00148. The lowest BCUT2D eigenvalue weighted by molar-refractivity contribution is 0.665. The van der Waals surface area contributed by atoms with Gasteiger partial charge < -0.3 is 4.42 Å². The minimum atomic E-state index is -0.537. The predicted molar refractivity (Wildman–Crippen MR) is 233 cm³/mol. The number of hydrogen-bond donors (Lipinski definition) is 0. The molecule has 0 bridgehead atoms.